The van der Waals surface area contributed by atoms with Crippen LogP contribution >= 0.6 is 24.0 Å². The molecule has 2 rings (SSSR count). The highest BCUT2D eigenvalue weighted by molar-refractivity contribution is 14.0. The van der Waals surface area contributed by atoms with Crippen molar-refractivity contribution in [2.45, 2.75) is 38.3 Å². The van der Waals surface area contributed by atoms with E-state index in [1.54, 1.807) is 13.1 Å². The van der Waals surface area contributed by atoms with Crippen molar-refractivity contribution in [1.82, 2.24) is 15.5 Å². The minimum Gasteiger partial charge on any atom is -0.356 e. The molecule has 2 N–H and O–H groups in total. The fourth-order valence-corrected chi connectivity index (χ4v) is 3.49. The number of aliphatic imine (C=N–C) groups is 1. The lowest BCUT2D eigenvalue weighted by atomic mass is 9.93. The van der Waals surface area contributed by atoms with E-state index in [2.05, 4.69) is 15.6 Å². The fourth-order valence-electron chi connectivity index (χ4n) is 3.49. The second-order valence-electron chi connectivity index (χ2n) is 7.58. The number of hydrogen-bond donors (Lipinski definition) is 2. The van der Waals surface area contributed by atoms with Gasteiger partial charge in [0.2, 0.25) is 0 Å². The molecule has 30 heavy (non-hydrogen) atoms. The normalized spacial score (nSPS) is 17.4. The van der Waals surface area contributed by atoms with E-state index in [1.807, 2.05) is 6.92 Å². The van der Waals surface area contributed by atoms with Crippen LogP contribution in [-0.2, 0) is 0 Å². The summed E-state index contributed by atoms with van der Waals surface area (Å²) in [6, 6.07) is 3.88. The second-order valence-corrected chi connectivity index (χ2v) is 7.58. The Morgan fingerprint density at radius 1 is 1.17 bits per heavy atom. The Balaban J connectivity index is 0.00000450. The number of rotatable bonds is 7. The highest BCUT2D eigenvalue weighted by atomic mass is 127. The van der Waals surface area contributed by atoms with Gasteiger partial charge in [-0.05, 0) is 61.9 Å². The van der Waals surface area contributed by atoms with Crippen molar-refractivity contribution in [2.24, 2.45) is 10.9 Å². The first-order chi connectivity index (χ1) is 13.7. The first-order valence-corrected chi connectivity index (χ1v) is 9.86. The van der Waals surface area contributed by atoms with Crippen LogP contribution in [0.4, 0.5) is 22.0 Å². The Morgan fingerprint density at radius 2 is 1.83 bits per heavy atom. The molecule has 1 saturated heterocycles. The third-order valence-corrected chi connectivity index (χ3v) is 5.27. The number of hydrogen-bond acceptors (Lipinski definition) is 2. The zero-order valence-corrected chi connectivity index (χ0v) is 19.6. The van der Waals surface area contributed by atoms with Gasteiger partial charge in [0.1, 0.15) is 0 Å². The summed E-state index contributed by atoms with van der Waals surface area (Å²) in [5.41, 5.74) is 0.692. The largest absolute Gasteiger partial charge is 0.401 e. The summed E-state index contributed by atoms with van der Waals surface area (Å²) in [6.07, 6.45) is -1.75. The first-order valence-electron chi connectivity index (χ1n) is 9.86. The van der Waals surface area contributed by atoms with Gasteiger partial charge in [-0.1, -0.05) is 13.0 Å². The van der Waals surface area contributed by atoms with Crippen LogP contribution in [0.2, 0.25) is 0 Å². The van der Waals surface area contributed by atoms with E-state index < -0.39 is 24.4 Å². The monoisotopic (exact) mass is 548 g/mol. The van der Waals surface area contributed by atoms with Crippen LogP contribution < -0.4 is 10.6 Å². The zero-order valence-electron chi connectivity index (χ0n) is 17.2. The molecular weight excluding hydrogens is 518 g/mol. The average molecular weight is 548 g/mol. The third kappa shape index (κ3) is 9.32. The van der Waals surface area contributed by atoms with E-state index in [1.165, 1.54) is 11.0 Å². The molecule has 1 aromatic rings. The predicted octanol–water partition coefficient (Wildman–Crippen LogP) is 4.52. The fraction of sp³-hybridized carbons (Fsp3) is 0.650. The van der Waals surface area contributed by atoms with Crippen LogP contribution in [0.3, 0.4) is 0 Å². The highest BCUT2D eigenvalue weighted by Crippen LogP contribution is 2.24. The van der Waals surface area contributed by atoms with Crippen molar-refractivity contribution < 1.29 is 22.0 Å². The van der Waals surface area contributed by atoms with Gasteiger partial charge >= 0.3 is 6.18 Å². The number of nitrogens with one attached hydrogen (secondary N) is 2. The molecule has 10 heteroatoms. The minimum atomic E-state index is -4.14. The predicted molar refractivity (Wildman–Crippen MR) is 119 cm³/mol. The Labute approximate surface area is 191 Å². The molecule has 1 fully saturated rings. The van der Waals surface area contributed by atoms with Crippen LogP contribution in [0.25, 0.3) is 0 Å². The number of alkyl halides is 3. The number of benzene rings is 1. The summed E-state index contributed by atoms with van der Waals surface area (Å²) in [4.78, 5) is 5.61. The van der Waals surface area contributed by atoms with Crippen molar-refractivity contribution in [3.63, 3.8) is 0 Å². The summed E-state index contributed by atoms with van der Waals surface area (Å²) in [6.45, 7) is 3.20. The molecule has 1 heterocycles. The van der Waals surface area contributed by atoms with Gasteiger partial charge in [0, 0.05) is 20.1 Å². The quantitative estimate of drug-likeness (QED) is 0.228. The van der Waals surface area contributed by atoms with E-state index in [0.29, 0.717) is 43.6 Å². The molecule has 1 unspecified atom stereocenters. The Kier molecular flexibility index (Phi) is 11.3. The molecule has 1 aliphatic heterocycles. The van der Waals surface area contributed by atoms with Gasteiger partial charge in [-0.2, -0.15) is 13.2 Å². The number of piperidine rings is 1. The summed E-state index contributed by atoms with van der Waals surface area (Å²) in [5, 5.41) is 6.37. The Bertz CT molecular complexity index is 676. The molecule has 0 aliphatic carbocycles. The minimum absolute atomic E-state index is 0. The lowest BCUT2D eigenvalue weighted by Gasteiger charge is -2.32. The molecule has 0 bridgehead atoms. The van der Waals surface area contributed by atoms with Crippen LogP contribution in [0, 0.1) is 17.6 Å². The van der Waals surface area contributed by atoms with E-state index in [-0.39, 0.29) is 29.9 Å². The molecule has 1 aliphatic rings. The van der Waals surface area contributed by atoms with Gasteiger partial charge in [0.05, 0.1) is 6.54 Å². The number of likely N-dealkylation sites (tertiary alicyclic amines) is 1. The van der Waals surface area contributed by atoms with Gasteiger partial charge < -0.3 is 10.6 Å². The lowest BCUT2D eigenvalue weighted by Crippen LogP contribution is -2.42. The van der Waals surface area contributed by atoms with Crippen molar-refractivity contribution in [3.05, 3.63) is 35.4 Å². The third-order valence-electron chi connectivity index (χ3n) is 5.27. The maximum Gasteiger partial charge on any atom is 0.401 e. The standard InChI is InChI=1S/C20H29F5N4.HI/c1-14(16-3-4-17(21)18(22)11-16)12-28-19(26-2)27-8-5-15-6-9-29(10-7-15)13-20(23,24)25;/h3-4,11,14-15H,5-10,12-13H2,1-2H3,(H2,26,27,28);1H. The number of halogens is 6. The summed E-state index contributed by atoms with van der Waals surface area (Å²) in [5.74, 6) is -0.768. The maximum absolute atomic E-state index is 13.4. The van der Waals surface area contributed by atoms with Gasteiger partial charge in [0.15, 0.2) is 17.6 Å². The summed E-state index contributed by atoms with van der Waals surface area (Å²) < 4.78 is 63.7. The van der Waals surface area contributed by atoms with Crippen molar-refractivity contribution in [1.29, 1.82) is 0 Å². The van der Waals surface area contributed by atoms with Crippen LogP contribution in [-0.4, -0.2) is 56.8 Å². The van der Waals surface area contributed by atoms with Gasteiger partial charge in [0.25, 0.3) is 0 Å². The van der Waals surface area contributed by atoms with Crippen LogP contribution in [0.1, 0.15) is 37.7 Å². The van der Waals surface area contributed by atoms with Crippen molar-refractivity contribution >= 4 is 29.9 Å². The number of guanidine groups is 1. The van der Waals surface area contributed by atoms with E-state index in [0.717, 1.165) is 25.3 Å². The van der Waals surface area contributed by atoms with E-state index >= 15 is 0 Å². The molecule has 0 radical (unpaired) electrons. The topological polar surface area (TPSA) is 39.7 Å². The number of nitrogens with zero attached hydrogens (tertiary/aromatic N) is 2. The molecule has 0 aromatic heterocycles. The molecule has 4 nitrogen and oxygen atoms in total. The van der Waals surface area contributed by atoms with E-state index in [9.17, 15) is 22.0 Å². The Hall–Kier alpha value is -1.17. The maximum atomic E-state index is 13.4. The molecular formula is C20H30F5IN4. The van der Waals surface area contributed by atoms with Gasteiger partial charge in [-0.15, -0.1) is 24.0 Å². The van der Waals surface area contributed by atoms with Crippen molar-refractivity contribution in [2.75, 3.05) is 39.8 Å². The van der Waals surface area contributed by atoms with Gasteiger partial charge in [-0.25, -0.2) is 8.78 Å². The molecule has 1 atom stereocenters. The Morgan fingerprint density at radius 3 is 2.40 bits per heavy atom. The summed E-state index contributed by atoms with van der Waals surface area (Å²) in [7, 11) is 1.65. The molecule has 0 spiro atoms. The lowest BCUT2D eigenvalue weighted by molar-refractivity contribution is -0.148. The molecule has 0 amide bonds. The van der Waals surface area contributed by atoms with Crippen LogP contribution in [0.15, 0.2) is 23.2 Å². The molecule has 172 valence electrons. The average Bonchev–Trinajstić information content (AvgIpc) is 2.66. The summed E-state index contributed by atoms with van der Waals surface area (Å²) >= 11 is 0. The molecule has 0 saturated carbocycles. The highest BCUT2D eigenvalue weighted by Gasteiger charge is 2.32. The van der Waals surface area contributed by atoms with Gasteiger partial charge in [-0.3, -0.25) is 9.89 Å². The first kappa shape index (κ1) is 26.9. The SMILES string of the molecule is CN=C(NCCC1CCN(CC(F)(F)F)CC1)NCC(C)c1ccc(F)c(F)c1.I. The van der Waals surface area contributed by atoms with E-state index in [4.69, 9.17) is 0 Å². The smallest absolute Gasteiger partial charge is 0.356 e. The zero-order chi connectivity index (χ0) is 21.4. The molecule has 1 aromatic carbocycles. The second kappa shape index (κ2) is 12.6. The van der Waals surface area contributed by atoms with Crippen LogP contribution in [0.5, 0.6) is 0 Å². The van der Waals surface area contributed by atoms with Crippen molar-refractivity contribution in [3.8, 4) is 0 Å².